The average Bonchev–Trinajstić information content (AvgIpc) is 2.54. The molecule has 2 aromatic rings. The van der Waals surface area contributed by atoms with E-state index in [0.717, 1.165) is 0 Å². The molecule has 118 valence electrons. The zero-order valence-corrected chi connectivity index (χ0v) is 12.6. The van der Waals surface area contributed by atoms with Gasteiger partial charge in [0, 0.05) is 5.56 Å². The van der Waals surface area contributed by atoms with Crippen molar-refractivity contribution in [1.29, 1.82) is 0 Å². The summed E-state index contributed by atoms with van der Waals surface area (Å²) in [6.07, 6.45) is 0. The van der Waals surface area contributed by atoms with Crippen LogP contribution in [0.2, 0.25) is 0 Å². The molecule has 0 unspecified atom stereocenters. The van der Waals surface area contributed by atoms with E-state index in [0.29, 0.717) is 11.4 Å². The minimum absolute atomic E-state index is 0.0112. The Morgan fingerprint density at radius 2 is 1.87 bits per heavy atom. The largest absolute Gasteiger partial charge is 0.482 e. The minimum atomic E-state index is -3.96. The molecule has 0 spiro atoms. The number of benzene rings is 2. The Kier molecular flexibility index (Phi) is 3.75. The normalized spacial score (nSPS) is 13.5. The SMILES string of the molecule is O=C1COc2ccc(C(=O)NS(=O)(=O)c3ccccc3)cc2N1. The molecule has 2 aromatic carbocycles. The van der Waals surface area contributed by atoms with Crippen molar-refractivity contribution in [2.24, 2.45) is 0 Å². The van der Waals surface area contributed by atoms with E-state index in [2.05, 4.69) is 5.32 Å². The van der Waals surface area contributed by atoms with Crippen molar-refractivity contribution in [3.8, 4) is 5.75 Å². The van der Waals surface area contributed by atoms with Gasteiger partial charge in [0.05, 0.1) is 10.6 Å². The van der Waals surface area contributed by atoms with Gasteiger partial charge in [0.2, 0.25) is 0 Å². The lowest BCUT2D eigenvalue weighted by Crippen LogP contribution is -2.31. The summed E-state index contributed by atoms with van der Waals surface area (Å²) in [6.45, 7) is -0.0963. The van der Waals surface area contributed by atoms with Gasteiger partial charge in [0.25, 0.3) is 21.8 Å². The summed E-state index contributed by atoms with van der Waals surface area (Å²) in [6, 6.07) is 11.9. The number of hydrogen-bond acceptors (Lipinski definition) is 5. The zero-order valence-electron chi connectivity index (χ0n) is 11.8. The summed E-state index contributed by atoms with van der Waals surface area (Å²) in [5.41, 5.74) is 0.417. The molecule has 1 heterocycles. The highest BCUT2D eigenvalue weighted by Crippen LogP contribution is 2.28. The predicted molar refractivity (Wildman–Crippen MR) is 81.7 cm³/mol. The van der Waals surface area contributed by atoms with E-state index in [4.69, 9.17) is 4.74 Å². The molecule has 2 amide bonds. The van der Waals surface area contributed by atoms with Crippen molar-refractivity contribution < 1.29 is 22.7 Å². The number of sulfonamides is 1. The molecular weight excluding hydrogens is 320 g/mol. The van der Waals surface area contributed by atoms with E-state index in [1.807, 2.05) is 4.72 Å². The van der Waals surface area contributed by atoms with Gasteiger partial charge in [-0.25, -0.2) is 13.1 Å². The fraction of sp³-hybridized carbons (Fsp3) is 0.0667. The molecule has 1 aliphatic rings. The fourth-order valence-corrected chi connectivity index (χ4v) is 3.06. The predicted octanol–water partition coefficient (Wildman–Crippen LogP) is 1.14. The van der Waals surface area contributed by atoms with Gasteiger partial charge in [-0.2, -0.15) is 0 Å². The Labute approximate surface area is 132 Å². The number of amides is 2. The number of ether oxygens (including phenoxy) is 1. The van der Waals surface area contributed by atoms with Crippen LogP contribution in [-0.2, 0) is 14.8 Å². The van der Waals surface area contributed by atoms with E-state index in [1.54, 1.807) is 18.2 Å². The molecule has 0 aliphatic carbocycles. The van der Waals surface area contributed by atoms with Gasteiger partial charge in [-0.1, -0.05) is 18.2 Å². The third-order valence-corrected chi connectivity index (χ3v) is 4.50. The molecule has 2 N–H and O–H groups in total. The van der Waals surface area contributed by atoms with Crippen molar-refractivity contribution in [2.45, 2.75) is 4.90 Å². The van der Waals surface area contributed by atoms with Gasteiger partial charge < -0.3 is 10.1 Å². The van der Waals surface area contributed by atoms with Gasteiger partial charge in [0.1, 0.15) is 5.75 Å². The first-order valence-electron chi connectivity index (χ1n) is 6.64. The number of fused-ring (bicyclic) bond motifs is 1. The lowest BCUT2D eigenvalue weighted by atomic mass is 10.1. The van der Waals surface area contributed by atoms with Gasteiger partial charge in [-0.3, -0.25) is 9.59 Å². The number of anilines is 1. The molecule has 23 heavy (non-hydrogen) atoms. The van der Waals surface area contributed by atoms with E-state index in [1.165, 1.54) is 30.3 Å². The summed E-state index contributed by atoms with van der Waals surface area (Å²) in [5.74, 6) is -0.712. The summed E-state index contributed by atoms with van der Waals surface area (Å²) in [7, 11) is -3.96. The molecule has 0 radical (unpaired) electrons. The van der Waals surface area contributed by atoms with Gasteiger partial charge in [-0.05, 0) is 30.3 Å². The van der Waals surface area contributed by atoms with Crippen LogP contribution in [-0.4, -0.2) is 26.8 Å². The van der Waals surface area contributed by atoms with Crippen LogP contribution in [0.25, 0.3) is 0 Å². The molecule has 0 fully saturated rings. The molecule has 8 heteroatoms. The first-order chi connectivity index (χ1) is 11.0. The van der Waals surface area contributed by atoms with Crippen LogP contribution in [0.15, 0.2) is 53.4 Å². The third kappa shape index (κ3) is 3.16. The lowest BCUT2D eigenvalue weighted by molar-refractivity contribution is -0.118. The number of nitrogens with one attached hydrogen (secondary N) is 2. The Bertz CT molecular complexity index is 878. The van der Waals surface area contributed by atoms with E-state index < -0.39 is 15.9 Å². The van der Waals surface area contributed by atoms with Crippen LogP contribution in [0.3, 0.4) is 0 Å². The standard InChI is InChI=1S/C15H12N2O5S/c18-14-9-22-13-7-6-10(8-12(13)16-14)15(19)17-23(20,21)11-4-2-1-3-5-11/h1-8H,9H2,(H,16,18)(H,17,19). The smallest absolute Gasteiger partial charge is 0.265 e. The first kappa shape index (κ1) is 15.0. The van der Waals surface area contributed by atoms with Gasteiger partial charge in [0.15, 0.2) is 6.61 Å². The lowest BCUT2D eigenvalue weighted by Gasteiger charge is -2.18. The number of hydrogen-bond donors (Lipinski definition) is 2. The Balaban J connectivity index is 1.84. The number of carbonyl (C=O) groups is 2. The van der Waals surface area contributed by atoms with Crippen LogP contribution in [0.5, 0.6) is 5.75 Å². The molecule has 7 nitrogen and oxygen atoms in total. The molecule has 0 bridgehead atoms. The summed E-state index contributed by atoms with van der Waals surface area (Å²) >= 11 is 0. The van der Waals surface area contributed by atoms with Crippen LogP contribution in [0.4, 0.5) is 5.69 Å². The monoisotopic (exact) mass is 332 g/mol. The Morgan fingerprint density at radius 3 is 2.61 bits per heavy atom. The van der Waals surface area contributed by atoms with Crippen molar-refractivity contribution in [2.75, 3.05) is 11.9 Å². The van der Waals surface area contributed by atoms with Crippen molar-refractivity contribution in [1.82, 2.24) is 4.72 Å². The highest BCUT2D eigenvalue weighted by Gasteiger charge is 2.21. The maximum atomic E-state index is 12.2. The molecule has 0 saturated heterocycles. The minimum Gasteiger partial charge on any atom is -0.482 e. The first-order valence-corrected chi connectivity index (χ1v) is 8.13. The van der Waals surface area contributed by atoms with Crippen LogP contribution < -0.4 is 14.8 Å². The number of carbonyl (C=O) groups excluding carboxylic acids is 2. The van der Waals surface area contributed by atoms with E-state index >= 15 is 0 Å². The summed E-state index contributed by atoms with van der Waals surface area (Å²) in [5, 5.41) is 2.56. The quantitative estimate of drug-likeness (QED) is 0.877. The highest BCUT2D eigenvalue weighted by atomic mass is 32.2. The second-order valence-corrected chi connectivity index (χ2v) is 6.48. The van der Waals surface area contributed by atoms with Crippen molar-refractivity contribution in [3.05, 3.63) is 54.1 Å². The molecule has 0 atom stereocenters. The Morgan fingerprint density at radius 1 is 1.13 bits per heavy atom. The molecular formula is C15H12N2O5S. The van der Waals surface area contributed by atoms with Gasteiger partial charge in [-0.15, -0.1) is 0 Å². The molecule has 0 saturated carbocycles. The second-order valence-electron chi connectivity index (χ2n) is 4.80. The number of rotatable bonds is 3. The molecule has 0 aromatic heterocycles. The summed E-state index contributed by atoms with van der Waals surface area (Å²) in [4.78, 5) is 23.4. The van der Waals surface area contributed by atoms with E-state index in [9.17, 15) is 18.0 Å². The van der Waals surface area contributed by atoms with Crippen LogP contribution >= 0.6 is 0 Å². The second kappa shape index (κ2) is 5.73. The maximum absolute atomic E-state index is 12.2. The van der Waals surface area contributed by atoms with E-state index in [-0.39, 0.29) is 23.0 Å². The zero-order chi connectivity index (χ0) is 16.4. The summed E-state index contributed by atoms with van der Waals surface area (Å²) < 4.78 is 31.4. The molecule has 3 rings (SSSR count). The topological polar surface area (TPSA) is 102 Å². The average molecular weight is 332 g/mol. The fourth-order valence-electron chi connectivity index (χ4n) is 2.06. The van der Waals surface area contributed by atoms with Crippen LogP contribution in [0, 0.1) is 0 Å². The van der Waals surface area contributed by atoms with Gasteiger partial charge >= 0.3 is 0 Å². The van der Waals surface area contributed by atoms with Crippen molar-refractivity contribution >= 4 is 27.5 Å². The maximum Gasteiger partial charge on any atom is 0.265 e. The third-order valence-electron chi connectivity index (χ3n) is 3.16. The highest BCUT2D eigenvalue weighted by molar-refractivity contribution is 7.90. The van der Waals surface area contributed by atoms with Crippen molar-refractivity contribution in [3.63, 3.8) is 0 Å². The molecule has 1 aliphatic heterocycles. The Hall–Kier alpha value is -2.87. The van der Waals surface area contributed by atoms with Crippen LogP contribution in [0.1, 0.15) is 10.4 Å².